The van der Waals surface area contributed by atoms with Gasteiger partial charge in [-0.05, 0) is 36.5 Å². The summed E-state index contributed by atoms with van der Waals surface area (Å²) in [4.78, 5) is 12.4. The van der Waals surface area contributed by atoms with Crippen LogP contribution in [0.4, 0.5) is 0 Å². The Balaban J connectivity index is 2.05. The third-order valence-corrected chi connectivity index (χ3v) is 4.25. The van der Waals surface area contributed by atoms with Crippen molar-refractivity contribution in [1.82, 2.24) is 0 Å². The number of ether oxygens (including phenoxy) is 2. The highest BCUT2D eigenvalue weighted by molar-refractivity contribution is 5.85. The lowest BCUT2D eigenvalue weighted by molar-refractivity contribution is -0.149. The highest BCUT2D eigenvalue weighted by Crippen LogP contribution is 2.56. The summed E-state index contributed by atoms with van der Waals surface area (Å²) >= 11 is 0. The average Bonchev–Trinajstić information content (AvgIpc) is 2.82. The molecule has 1 aromatic carbocycles. The van der Waals surface area contributed by atoms with Crippen molar-refractivity contribution in [3.8, 4) is 0 Å². The van der Waals surface area contributed by atoms with Gasteiger partial charge in [0.1, 0.15) is 17.3 Å². The van der Waals surface area contributed by atoms with Crippen molar-refractivity contribution in [2.45, 2.75) is 25.4 Å². The number of hydrogen-bond acceptors (Lipinski definition) is 3. The van der Waals surface area contributed by atoms with Gasteiger partial charge in [0.05, 0.1) is 7.11 Å². The van der Waals surface area contributed by atoms with Gasteiger partial charge in [-0.3, -0.25) is 4.79 Å². The highest BCUT2D eigenvalue weighted by atomic mass is 16.5. The van der Waals surface area contributed by atoms with Gasteiger partial charge in [-0.15, -0.1) is 0 Å². The summed E-state index contributed by atoms with van der Waals surface area (Å²) in [5, 5.41) is 0. The molecule has 3 nitrogen and oxygen atoms in total. The van der Waals surface area contributed by atoms with Crippen molar-refractivity contribution in [3.63, 3.8) is 0 Å². The summed E-state index contributed by atoms with van der Waals surface area (Å²) in [7, 11) is 1.42. The van der Waals surface area contributed by atoms with E-state index in [9.17, 15) is 4.79 Å². The van der Waals surface area contributed by atoms with Crippen LogP contribution in [0.3, 0.4) is 0 Å². The Morgan fingerprint density at radius 1 is 1.40 bits per heavy atom. The van der Waals surface area contributed by atoms with Crippen LogP contribution in [-0.2, 0) is 14.3 Å². The van der Waals surface area contributed by atoms with Crippen molar-refractivity contribution in [2.24, 2.45) is 5.41 Å². The van der Waals surface area contributed by atoms with Crippen LogP contribution >= 0.6 is 0 Å². The molecule has 0 amide bonds. The molecule has 1 fully saturated rings. The van der Waals surface area contributed by atoms with Gasteiger partial charge in [-0.25, -0.2) is 0 Å². The van der Waals surface area contributed by atoms with E-state index in [0.29, 0.717) is 6.42 Å². The third-order valence-electron chi connectivity index (χ3n) is 4.25. The maximum absolute atomic E-state index is 12.4. The van der Waals surface area contributed by atoms with E-state index in [4.69, 9.17) is 9.47 Å². The summed E-state index contributed by atoms with van der Waals surface area (Å²) in [6.07, 6.45) is 4.34. The Labute approximate surface area is 118 Å². The quantitative estimate of drug-likeness (QED) is 0.609. The minimum absolute atomic E-state index is 0.258. The Morgan fingerprint density at radius 2 is 2.15 bits per heavy atom. The fourth-order valence-electron chi connectivity index (χ4n) is 3.19. The van der Waals surface area contributed by atoms with Crippen molar-refractivity contribution in [3.05, 3.63) is 59.9 Å². The SMILES string of the molecule is C=C1[C@@H](c2ccccc2)OC2=CCCC[C@@]12C(=O)OC. The molecule has 3 rings (SSSR count). The summed E-state index contributed by atoms with van der Waals surface area (Å²) in [6, 6.07) is 9.89. The number of carbonyl (C=O) groups excluding carboxylic acids is 1. The predicted molar refractivity (Wildman–Crippen MR) is 75.8 cm³/mol. The zero-order valence-corrected chi connectivity index (χ0v) is 11.6. The first-order valence-corrected chi connectivity index (χ1v) is 6.90. The molecule has 0 aromatic heterocycles. The number of hydrogen-bond donors (Lipinski definition) is 0. The van der Waals surface area contributed by atoms with E-state index < -0.39 is 5.41 Å². The Morgan fingerprint density at radius 3 is 2.85 bits per heavy atom. The van der Waals surface area contributed by atoms with Crippen LogP contribution in [0.15, 0.2) is 54.3 Å². The molecule has 0 unspecified atom stereocenters. The zero-order chi connectivity index (χ0) is 14.2. The van der Waals surface area contributed by atoms with E-state index in [2.05, 4.69) is 6.58 Å². The van der Waals surface area contributed by atoms with E-state index in [0.717, 1.165) is 29.7 Å². The van der Waals surface area contributed by atoms with Crippen molar-refractivity contribution >= 4 is 5.97 Å². The molecule has 20 heavy (non-hydrogen) atoms. The van der Waals surface area contributed by atoms with Crippen LogP contribution < -0.4 is 0 Å². The van der Waals surface area contributed by atoms with Crippen LogP contribution in [0.25, 0.3) is 0 Å². The number of carbonyl (C=O) groups is 1. The first kappa shape index (κ1) is 13.0. The van der Waals surface area contributed by atoms with E-state index >= 15 is 0 Å². The predicted octanol–water partition coefficient (Wildman–Crippen LogP) is 3.54. The number of fused-ring (bicyclic) bond motifs is 1. The normalized spacial score (nSPS) is 28.4. The molecule has 1 heterocycles. The Bertz CT molecular complexity index is 573. The fraction of sp³-hybridized carbons (Fsp3) is 0.353. The molecule has 0 radical (unpaired) electrons. The standard InChI is InChI=1S/C17H18O3/c1-12-15(13-8-4-3-5-9-13)20-14-10-6-7-11-17(12,14)16(18)19-2/h3-5,8-10,15H,1,6-7,11H2,2H3/t15-,17+/m0/s1. The van der Waals surface area contributed by atoms with Gasteiger partial charge in [0, 0.05) is 0 Å². The number of methoxy groups -OCH3 is 1. The van der Waals surface area contributed by atoms with Crippen LogP contribution in [0, 0.1) is 5.41 Å². The van der Waals surface area contributed by atoms with Crippen LogP contribution in [0.2, 0.25) is 0 Å². The number of allylic oxidation sites excluding steroid dienone is 1. The molecule has 0 bridgehead atoms. The highest BCUT2D eigenvalue weighted by Gasteiger charge is 2.56. The average molecular weight is 270 g/mol. The minimum Gasteiger partial charge on any atom is -0.484 e. The molecule has 0 N–H and O–H groups in total. The lowest BCUT2D eigenvalue weighted by Gasteiger charge is -2.29. The molecule has 2 aliphatic rings. The second kappa shape index (κ2) is 4.82. The molecular weight excluding hydrogens is 252 g/mol. The minimum atomic E-state index is -0.784. The van der Waals surface area contributed by atoms with E-state index in [1.807, 2.05) is 36.4 Å². The second-order valence-electron chi connectivity index (χ2n) is 5.29. The zero-order valence-electron chi connectivity index (χ0n) is 11.6. The van der Waals surface area contributed by atoms with Crippen LogP contribution in [0.5, 0.6) is 0 Å². The molecule has 104 valence electrons. The largest absolute Gasteiger partial charge is 0.484 e. The van der Waals surface area contributed by atoms with Gasteiger partial charge in [0.25, 0.3) is 0 Å². The Hall–Kier alpha value is -2.03. The smallest absolute Gasteiger partial charge is 0.323 e. The second-order valence-corrected chi connectivity index (χ2v) is 5.29. The lowest BCUT2D eigenvalue weighted by atomic mass is 9.71. The summed E-state index contributed by atoms with van der Waals surface area (Å²) in [6.45, 7) is 4.17. The topological polar surface area (TPSA) is 35.5 Å². The number of rotatable bonds is 2. The van der Waals surface area contributed by atoms with Gasteiger partial charge in [-0.1, -0.05) is 36.9 Å². The molecule has 0 saturated carbocycles. The van der Waals surface area contributed by atoms with E-state index in [1.54, 1.807) is 0 Å². The van der Waals surface area contributed by atoms with Gasteiger partial charge >= 0.3 is 5.97 Å². The number of esters is 1. The first-order valence-electron chi connectivity index (χ1n) is 6.90. The molecular formula is C17H18O3. The van der Waals surface area contributed by atoms with Crippen molar-refractivity contribution in [2.75, 3.05) is 7.11 Å². The van der Waals surface area contributed by atoms with E-state index in [-0.39, 0.29) is 12.1 Å². The van der Waals surface area contributed by atoms with Crippen molar-refractivity contribution in [1.29, 1.82) is 0 Å². The maximum atomic E-state index is 12.4. The van der Waals surface area contributed by atoms with Crippen LogP contribution in [-0.4, -0.2) is 13.1 Å². The summed E-state index contributed by atoms with van der Waals surface area (Å²) in [5.41, 5.74) is 1.03. The van der Waals surface area contributed by atoms with Crippen molar-refractivity contribution < 1.29 is 14.3 Å². The summed E-state index contributed by atoms with van der Waals surface area (Å²) in [5.74, 6) is 0.460. The molecule has 0 spiro atoms. The molecule has 1 aliphatic carbocycles. The summed E-state index contributed by atoms with van der Waals surface area (Å²) < 4.78 is 11.1. The maximum Gasteiger partial charge on any atom is 0.323 e. The molecule has 3 heteroatoms. The Kier molecular flexibility index (Phi) is 3.13. The molecule has 2 atom stereocenters. The lowest BCUT2D eigenvalue weighted by Crippen LogP contribution is -2.34. The van der Waals surface area contributed by atoms with Crippen LogP contribution in [0.1, 0.15) is 30.9 Å². The van der Waals surface area contributed by atoms with Gasteiger partial charge in [0.2, 0.25) is 0 Å². The monoisotopic (exact) mass is 270 g/mol. The third kappa shape index (κ3) is 1.69. The molecule has 1 aromatic rings. The van der Waals surface area contributed by atoms with Gasteiger partial charge < -0.3 is 9.47 Å². The van der Waals surface area contributed by atoms with Gasteiger partial charge in [0.15, 0.2) is 0 Å². The number of benzene rings is 1. The first-order chi connectivity index (χ1) is 9.70. The van der Waals surface area contributed by atoms with E-state index in [1.165, 1.54) is 7.11 Å². The van der Waals surface area contributed by atoms with Gasteiger partial charge in [-0.2, -0.15) is 0 Å². The molecule has 1 saturated heterocycles. The molecule has 1 aliphatic heterocycles. The fourth-order valence-corrected chi connectivity index (χ4v) is 3.19.